The van der Waals surface area contributed by atoms with Crippen molar-refractivity contribution in [1.82, 2.24) is 21.3 Å². The standard InChI is InChI=1S/C38H68N6/c1-3-5-7-12-22-41-24-14-26-43-37(18-20-39)31-33-28-34(30-36(29-33)35-16-10-9-11-17-35)32-38(19-21-40)44-27-15-25-42-23-13-8-6-4-2/h9-11,16-17,28-30,37-38,41-44H,3-8,12-15,18-27,31-32,39-40H2,1-2H3. The number of hydrogen-bond acceptors (Lipinski definition) is 6. The first kappa shape index (κ1) is 38.4. The highest BCUT2D eigenvalue weighted by molar-refractivity contribution is 5.65. The Hall–Kier alpha value is -1.80. The van der Waals surface area contributed by atoms with Crippen LogP contribution in [0.3, 0.4) is 0 Å². The molecule has 8 N–H and O–H groups in total. The molecule has 0 saturated carbocycles. The summed E-state index contributed by atoms with van der Waals surface area (Å²) in [4.78, 5) is 0. The molecule has 0 aromatic heterocycles. The van der Waals surface area contributed by atoms with Gasteiger partial charge in [-0.1, -0.05) is 101 Å². The Balaban J connectivity index is 1.96. The van der Waals surface area contributed by atoms with Crippen LogP contribution < -0.4 is 32.7 Å². The molecule has 6 heteroatoms. The molecule has 2 rings (SSSR count). The lowest BCUT2D eigenvalue weighted by Gasteiger charge is -2.22. The van der Waals surface area contributed by atoms with Gasteiger partial charge in [-0.2, -0.15) is 0 Å². The van der Waals surface area contributed by atoms with Gasteiger partial charge in [0.2, 0.25) is 0 Å². The molecule has 6 nitrogen and oxygen atoms in total. The van der Waals surface area contributed by atoms with E-state index in [-0.39, 0.29) is 0 Å². The number of hydrogen-bond donors (Lipinski definition) is 6. The van der Waals surface area contributed by atoms with Crippen LogP contribution in [0.2, 0.25) is 0 Å². The minimum atomic E-state index is 0.385. The van der Waals surface area contributed by atoms with Gasteiger partial charge < -0.3 is 32.7 Å². The van der Waals surface area contributed by atoms with Crippen LogP contribution in [0.4, 0.5) is 0 Å². The van der Waals surface area contributed by atoms with Gasteiger partial charge in [-0.25, -0.2) is 0 Å². The maximum absolute atomic E-state index is 6.07. The Labute approximate surface area is 271 Å². The van der Waals surface area contributed by atoms with Crippen molar-refractivity contribution in [2.75, 3.05) is 52.4 Å². The van der Waals surface area contributed by atoms with Crippen LogP contribution >= 0.6 is 0 Å². The molecule has 0 aliphatic heterocycles. The van der Waals surface area contributed by atoms with E-state index in [0.29, 0.717) is 25.2 Å². The van der Waals surface area contributed by atoms with Crippen LogP contribution in [-0.2, 0) is 12.8 Å². The largest absolute Gasteiger partial charge is 0.330 e. The van der Waals surface area contributed by atoms with Crippen molar-refractivity contribution in [3.8, 4) is 11.1 Å². The minimum absolute atomic E-state index is 0.385. The van der Waals surface area contributed by atoms with E-state index in [1.165, 1.54) is 73.6 Å². The van der Waals surface area contributed by atoms with E-state index in [1.54, 1.807) is 0 Å². The SMILES string of the molecule is CCCCCCNCCCNC(CCN)Cc1cc(CC(CCN)NCCCNCCCCCC)cc(-c2ccccc2)c1. The van der Waals surface area contributed by atoms with Gasteiger partial charge in [-0.15, -0.1) is 0 Å². The summed E-state index contributed by atoms with van der Waals surface area (Å²) in [6, 6.07) is 18.8. The summed E-state index contributed by atoms with van der Waals surface area (Å²) < 4.78 is 0. The second kappa shape index (κ2) is 26.4. The molecule has 2 aromatic rings. The third-order valence-electron chi connectivity index (χ3n) is 8.50. The average molecular weight is 609 g/mol. The minimum Gasteiger partial charge on any atom is -0.330 e. The zero-order chi connectivity index (χ0) is 31.5. The zero-order valence-electron chi connectivity index (χ0n) is 28.5. The molecule has 0 aliphatic rings. The van der Waals surface area contributed by atoms with Crippen LogP contribution in [-0.4, -0.2) is 64.4 Å². The van der Waals surface area contributed by atoms with Crippen molar-refractivity contribution in [2.45, 2.75) is 116 Å². The molecule has 0 bridgehead atoms. The molecule has 2 aromatic carbocycles. The molecule has 0 spiro atoms. The number of nitrogens with one attached hydrogen (secondary N) is 4. The lowest BCUT2D eigenvalue weighted by Crippen LogP contribution is -2.36. The van der Waals surface area contributed by atoms with Crippen molar-refractivity contribution in [3.63, 3.8) is 0 Å². The molecule has 0 amide bonds. The normalized spacial score (nSPS) is 12.9. The average Bonchev–Trinajstić information content (AvgIpc) is 3.03. The van der Waals surface area contributed by atoms with E-state index in [4.69, 9.17) is 11.5 Å². The van der Waals surface area contributed by atoms with E-state index in [2.05, 4.69) is 83.6 Å². The quantitative estimate of drug-likeness (QED) is 0.0618. The van der Waals surface area contributed by atoms with E-state index in [1.807, 2.05) is 0 Å². The summed E-state index contributed by atoms with van der Waals surface area (Å²) in [7, 11) is 0. The monoisotopic (exact) mass is 609 g/mol. The fourth-order valence-corrected chi connectivity index (χ4v) is 5.96. The first-order valence-corrected chi connectivity index (χ1v) is 18.2. The van der Waals surface area contributed by atoms with E-state index in [9.17, 15) is 0 Å². The van der Waals surface area contributed by atoms with Crippen LogP contribution in [0, 0.1) is 0 Å². The van der Waals surface area contributed by atoms with Gasteiger partial charge in [-0.3, -0.25) is 0 Å². The van der Waals surface area contributed by atoms with Gasteiger partial charge in [0.05, 0.1) is 0 Å². The molecule has 0 heterocycles. The predicted octanol–water partition coefficient (Wildman–Crippen LogP) is 6.17. The summed E-state index contributed by atoms with van der Waals surface area (Å²) >= 11 is 0. The molecule has 2 unspecified atom stereocenters. The highest BCUT2D eigenvalue weighted by Gasteiger charge is 2.14. The number of rotatable bonds is 29. The molecule has 44 heavy (non-hydrogen) atoms. The van der Waals surface area contributed by atoms with Gasteiger partial charge in [0.15, 0.2) is 0 Å². The number of benzene rings is 2. The first-order chi connectivity index (χ1) is 21.7. The van der Waals surface area contributed by atoms with E-state index >= 15 is 0 Å². The Morgan fingerprint density at radius 3 is 1.45 bits per heavy atom. The summed E-state index contributed by atoms with van der Waals surface area (Å²) in [6.45, 7) is 12.4. The molecular weight excluding hydrogens is 540 g/mol. The maximum atomic E-state index is 6.07. The van der Waals surface area contributed by atoms with Crippen LogP contribution in [0.25, 0.3) is 11.1 Å². The second-order valence-electron chi connectivity index (χ2n) is 12.6. The van der Waals surface area contributed by atoms with Crippen LogP contribution in [0.5, 0.6) is 0 Å². The Kier molecular flexibility index (Phi) is 23.0. The van der Waals surface area contributed by atoms with Crippen molar-refractivity contribution in [1.29, 1.82) is 0 Å². The molecular formula is C38H68N6. The number of unbranched alkanes of at least 4 members (excludes halogenated alkanes) is 6. The van der Waals surface area contributed by atoms with Crippen LogP contribution in [0.1, 0.15) is 102 Å². The third kappa shape index (κ3) is 18.2. The highest BCUT2D eigenvalue weighted by Crippen LogP contribution is 2.24. The predicted molar refractivity (Wildman–Crippen MR) is 193 cm³/mol. The molecule has 0 saturated heterocycles. The fourth-order valence-electron chi connectivity index (χ4n) is 5.96. The van der Waals surface area contributed by atoms with Gasteiger partial charge >= 0.3 is 0 Å². The Bertz CT molecular complexity index is 869. The first-order valence-electron chi connectivity index (χ1n) is 18.2. The second-order valence-corrected chi connectivity index (χ2v) is 12.6. The fraction of sp³-hybridized carbons (Fsp3) is 0.684. The summed E-state index contributed by atoms with van der Waals surface area (Å²) in [5.41, 5.74) is 17.5. The molecule has 250 valence electrons. The van der Waals surface area contributed by atoms with Crippen LogP contribution in [0.15, 0.2) is 48.5 Å². The van der Waals surface area contributed by atoms with E-state index in [0.717, 1.165) is 77.8 Å². The van der Waals surface area contributed by atoms with Crippen molar-refractivity contribution in [2.24, 2.45) is 11.5 Å². The molecule has 0 fully saturated rings. The van der Waals surface area contributed by atoms with Gasteiger partial charge in [-0.05, 0) is 126 Å². The summed E-state index contributed by atoms with van der Waals surface area (Å²) in [6.07, 6.45) is 16.8. The molecule has 2 atom stereocenters. The molecule has 0 aliphatic carbocycles. The Morgan fingerprint density at radius 2 is 1.00 bits per heavy atom. The van der Waals surface area contributed by atoms with E-state index < -0.39 is 0 Å². The summed E-state index contributed by atoms with van der Waals surface area (Å²) in [5.74, 6) is 0. The van der Waals surface area contributed by atoms with Gasteiger partial charge in [0.25, 0.3) is 0 Å². The maximum Gasteiger partial charge on any atom is 0.0119 e. The molecule has 0 radical (unpaired) electrons. The lowest BCUT2D eigenvalue weighted by atomic mass is 9.92. The third-order valence-corrected chi connectivity index (χ3v) is 8.50. The number of nitrogens with two attached hydrogens (primary N) is 2. The highest BCUT2D eigenvalue weighted by atomic mass is 14.9. The van der Waals surface area contributed by atoms with Crippen molar-refractivity contribution >= 4 is 0 Å². The zero-order valence-corrected chi connectivity index (χ0v) is 28.5. The van der Waals surface area contributed by atoms with Gasteiger partial charge in [0.1, 0.15) is 0 Å². The van der Waals surface area contributed by atoms with Crippen molar-refractivity contribution < 1.29 is 0 Å². The van der Waals surface area contributed by atoms with Crippen molar-refractivity contribution in [3.05, 3.63) is 59.7 Å². The topological polar surface area (TPSA) is 100 Å². The lowest BCUT2D eigenvalue weighted by molar-refractivity contribution is 0.465. The smallest absolute Gasteiger partial charge is 0.0119 e. The van der Waals surface area contributed by atoms with Gasteiger partial charge in [0, 0.05) is 12.1 Å². The summed E-state index contributed by atoms with van der Waals surface area (Å²) in [5, 5.41) is 14.9. The Morgan fingerprint density at radius 1 is 0.523 bits per heavy atom.